The summed E-state index contributed by atoms with van der Waals surface area (Å²) >= 11 is 0. The Morgan fingerprint density at radius 1 is 1.10 bits per heavy atom. The number of guanidine groups is 1. The van der Waals surface area contributed by atoms with Crippen molar-refractivity contribution >= 4 is 23.7 Å². The van der Waals surface area contributed by atoms with Gasteiger partial charge in [-0.2, -0.15) is 4.99 Å². The lowest BCUT2D eigenvalue weighted by molar-refractivity contribution is -0.131. The van der Waals surface area contributed by atoms with Crippen molar-refractivity contribution in [3.05, 3.63) is 71.3 Å². The van der Waals surface area contributed by atoms with Crippen molar-refractivity contribution < 1.29 is 14.4 Å². The number of rotatable bonds is 5. The fourth-order valence-electron chi connectivity index (χ4n) is 4.13. The van der Waals surface area contributed by atoms with Crippen LogP contribution in [-0.4, -0.2) is 47.1 Å². The molecule has 0 spiro atoms. The molecule has 3 rings (SSSR count). The Kier molecular flexibility index (Phi) is 6.24. The molecular formula is C24H28N4O3. The smallest absolute Gasteiger partial charge is 0.264 e. The molecule has 1 aliphatic heterocycles. The van der Waals surface area contributed by atoms with Crippen LogP contribution in [0.25, 0.3) is 0 Å². The number of hydrogen-bond donors (Lipinski definition) is 1. The maximum absolute atomic E-state index is 13.6. The van der Waals surface area contributed by atoms with E-state index in [-0.39, 0.29) is 23.8 Å². The zero-order valence-corrected chi connectivity index (χ0v) is 18.5. The molecular weight excluding hydrogens is 392 g/mol. The lowest BCUT2D eigenvalue weighted by atomic mass is 9.81. The SMILES string of the molecule is CCN(C(C)=O)C(C)c1cccc(C2(c3ccccc3)N/C(=N/C(C)=O)N(C)C2=O)c1. The highest BCUT2D eigenvalue weighted by Gasteiger charge is 2.51. The van der Waals surface area contributed by atoms with Crippen LogP contribution >= 0.6 is 0 Å². The summed E-state index contributed by atoms with van der Waals surface area (Å²) in [7, 11) is 1.60. The van der Waals surface area contributed by atoms with Crippen LogP contribution in [-0.2, 0) is 19.9 Å². The van der Waals surface area contributed by atoms with E-state index in [9.17, 15) is 14.4 Å². The Bertz CT molecular complexity index is 1030. The van der Waals surface area contributed by atoms with Crippen molar-refractivity contribution in [3.63, 3.8) is 0 Å². The predicted octanol–water partition coefficient (Wildman–Crippen LogP) is 2.82. The Hall–Kier alpha value is -3.48. The number of aliphatic imine (C=N–C) groups is 1. The summed E-state index contributed by atoms with van der Waals surface area (Å²) in [6.07, 6.45) is 0. The average molecular weight is 421 g/mol. The predicted molar refractivity (Wildman–Crippen MR) is 119 cm³/mol. The maximum atomic E-state index is 13.6. The standard InChI is InChI=1S/C24H28N4O3/c1-6-28(18(4)30)16(2)19-11-10-14-21(15-19)24(20-12-8-7-9-13-20)22(31)27(5)23(26-24)25-17(3)29/h7-16H,6H2,1-5H3,(H,25,26,29). The van der Waals surface area contributed by atoms with E-state index in [2.05, 4.69) is 10.3 Å². The molecule has 1 N–H and O–H groups in total. The zero-order chi connectivity index (χ0) is 22.8. The second-order valence-electron chi connectivity index (χ2n) is 7.67. The number of benzene rings is 2. The molecule has 0 aliphatic carbocycles. The van der Waals surface area contributed by atoms with Crippen molar-refractivity contribution in [2.75, 3.05) is 13.6 Å². The van der Waals surface area contributed by atoms with Gasteiger partial charge in [-0.3, -0.25) is 19.3 Å². The number of hydrogen-bond acceptors (Lipinski definition) is 3. The second-order valence-corrected chi connectivity index (χ2v) is 7.67. The maximum Gasteiger partial charge on any atom is 0.264 e. The van der Waals surface area contributed by atoms with Crippen LogP contribution in [0.3, 0.4) is 0 Å². The monoisotopic (exact) mass is 420 g/mol. The first kappa shape index (κ1) is 22.2. The van der Waals surface area contributed by atoms with Crippen LogP contribution in [0.2, 0.25) is 0 Å². The van der Waals surface area contributed by atoms with Crippen LogP contribution in [0.15, 0.2) is 59.6 Å². The molecule has 0 radical (unpaired) electrons. The van der Waals surface area contributed by atoms with Gasteiger partial charge in [0.15, 0.2) is 5.54 Å². The van der Waals surface area contributed by atoms with Crippen LogP contribution in [0.4, 0.5) is 0 Å². The van der Waals surface area contributed by atoms with E-state index < -0.39 is 11.4 Å². The minimum Gasteiger partial charge on any atom is -0.336 e. The number of carbonyl (C=O) groups excluding carboxylic acids is 3. The summed E-state index contributed by atoms with van der Waals surface area (Å²) in [5.41, 5.74) is 1.14. The molecule has 7 heteroatoms. The first-order valence-corrected chi connectivity index (χ1v) is 10.3. The number of likely N-dealkylation sites (N-methyl/N-ethyl adjacent to an activating group) is 1. The van der Waals surface area contributed by atoms with Gasteiger partial charge in [0, 0.05) is 27.4 Å². The molecule has 162 valence electrons. The van der Waals surface area contributed by atoms with Gasteiger partial charge in [-0.25, -0.2) is 0 Å². The molecule has 2 atom stereocenters. The summed E-state index contributed by atoms with van der Waals surface area (Å²) in [4.78, 5) is 44.5. The van der Waals surface area contributed by atoms with Gasteiger partial charge in [-0.15, -0.1) is 0 Å². The Morgan fingerprint density at radius 2 is 1.74 bits per heavy atom. The molecule has 31 heavy (non-hydrogen) atoms. The zero-order valence-electron chi connectivity index (χ0n) is 18.5. The van der Waals surface area contributed by atoms with Crippen molar-refractivity contribution in [1.82, 2.24) is 15.1 Å². The van der Waals surface area contributed by atoms with Crippen molar-refractivity contribution in [2.24, 2.45) is 4.99 Å². The highest BCUT2D eigenvalue weighted by Crippen LogP contribution is 2.37. The van der Waals surface area contributed by atoms with E-state index in [1.54, 1.807) is 18.9 Å². The highest BCUT2D eigenvalue weighted by atomic mass is 16.2. The largest absolute Gasteiger partial charge is 0.336 e. The van der Waals surface area contributed by atoms with Gasteiger partial charge < -0.3 is 10.2 Å². The molecule has 0 saturated carbocycles. The van der Waals surface area contributed by atoms with Gasteiger partial charge in [0.05, 0.1) is 6.04 Å². The molecule has 1 aliphatic rings. The summed E-state index contributed by atoms with van der Waals surface area (Å²) in [6, 6.07) is 16.9. The van der Waals surface area contributed by atoms with Crippen LogP contribution in [0.5, 0.6) is 0 Å². The third kappa shape index (κ3) is 3.95. The summed E-state index contributed by atoms with van der Waals surface area (Å²) in [5.74, 6) is -0.432. The minimum absolute atomic E-state index is 0.0103. The van der Waals surface area contributed by atoms with E-state index >= 15 is 0 Å². The molecule has 1 fully saturated rings. The first-order chi connectivity index (χ1) is 14.7. The van der Waals surface area contributed by atoms with Crippen LogP contribution in [0, 0.1) is 0 Å². The Balaban J connectivity index is 2.19. The summed E-state index contributed by atoms with van der Waals surface area (Å²) in [6.45, 7) is 7.39. The van der Waals surface area contributed by atoms with Gasteiger partial charge in [0.2, 0.25) is 17.8 Å². The fourth-order valence-corrected chi connectivity index (χ4v) is 4.13. The quantitative estimate of drug-likeness (QED) is 0.806. The normalized spacial score (nSPS) is 20.5. The third-order valence-electron chi connectivity index (χ3n) is 5.73. The number of amides is 3. The fraction of sp³-hybridized carbons (Fsp3) is 0.333. The number of carbonyl (C=O) groups is 3. The number of nitrogens with zero attached hydrogens (tertiary/aromatic N) is 3. The van der Waals surface area contributed by atoms with Crippen molar-refractivity contribution in [2.45, 2.75) is 39.3 Å². The topological polar surface area (TPSA) is 82.1 Å². The summed E-state index contributed by atoms with van der Waals surface area (Å²) < 4.78 is 0. The van der Waals surface area contributed by atoms with E-state index in [4.69, 9.17) is 0 Å². The average Bonchev–Trinajstić information content (AvgIpc) is 3.00. The molecule has 2 aromatic rings. The molecule has 1 heterocycles. The molecule has 0 bridgehead atoms. The highest BCUT2D eigenvalue weighted by molar-refractivity contribution is 6.13. The lowest BCUT2D eigenvalue weighted by Gasteiger charge is -2.31. The first-order valence-electron chi connectivity index (χ1n) is 10.3. The second kappa shape index (κ2) is 8.71. The van der Waals surface area contributed by atoms with Gasteiger partial charge in [0.25, 0.3) is 5.91 Å². The molecule has 2 aromatic carbocycles. The van der Waals surface area contributed by atoms with Gasteiger partial charge >= 0.3 is 0 Å². The van der Waals surface area contributed by atoms with E-state index in [1.807, 2.05) is 68.4 Å². The molecule has 1 saturated heterocycles. The van der Waals surface area contributed by atoms with E-state index in [1.165, 1.54) is 11.8 Å². The summed E-state index contributed by atoms with van der Waals surface area (Å²) in [5, 5.41) is 3.23. The Morgan fingerprint density at radius 3 is 2.32 bits per heavy atom. The molecule has 2 unspecified atom stereocenters. The number of nitrogens with one attached hydrogen (secondary N) is 1. The lowest BCUT2D eigenvalue weighted by Crippen LogP contribution is -2.45. The van der Waals surface area contributed by atoms with E-state index in [0.29, 0.717) is 12.1 Å². The third-order valence-corrected chi connectivity index (χ3v) is 5.73. The van der Waals surface area contributed by atoms with E-state index in [0.717, 1.165) is 11.1 Å². The van der Waals surface area contributed by atoms with Gasteiger partial charge in [-0.1, -0.05) is 54.6 Å². The molecule has 3 amide bonds. The van der Waals surface area contributed by atoms with Crippen molar-refractivity contribution in [1.29, 1.82) is 0 Å². The van der Waals surface area contributed by atoms with Crippen LogP contribution < -0.4 is 5.32 Å². The van der Waals surface area contributed by atoms with Gasteiger partial charge in [-0.05, 0) is 30.5 Å². The molecule has 7 nitrogen and oxygen atoms in total. The minimum atomic E-state index is -1.23. The molecule has 0 aromatic heterocycles. The Labute approximate surface area is 182 Å². The van der Waals surface area contributed by atoms with Crippen molar-refractivity contribution in [3.8, 4) is 0 Å². The van der Waals surface area contributed by atoms with Crippen LogP contribution in [0.1, 0.15) is 50.4 Å². The van der Waals surface area contributed by atoms with Gasteiger partial charge in [0.1, 0.15) is 0 Å².